The van der Waals surface area contributed by atoms with E-state index in [2.05, 4.69) is 9.98 Å². The monoisotopic (exact) mass is 260 g/mol. The summed E-state index contributed by atoms with van der Waals surface area (Å²) in [4.78, 5) is 8.52. The molecule has 102 valence electrons. The van der Waals surface area contributed by atoms with Gasteiger partial charge in [0.1, 0.15) is 5.75 Å². The fraction of sp³-hybridized carbons (Fsp3) is 0.429. The lowest BCUT2D eigenvalue weighted by molar-refractivity contribution is 0.302. The maximum Gasteiger partial charge on any atom is 0.131 e. The van der Waals surface area contributed by atoms with Gasteiger partial charge in [0.15, 0.2) is 0 Å². The topological polar surface area (TPSA) is 86.5 Å². The Kier molecular flexibility index (Phi) is 4.52. The van der Waals surface area contributed by atoms with Crippen LogP contribution in [0.3, 0.4) is 0 Å². The molecule has 1 aromatic heterocycles. The Morgan fingerprint density at radius 2 is 2.37 bits per heavy atom. The Bertz CT molecular complexity index is 492. The van der Waals surface area contributed by atoms with Crippen molar-refractivity contribution in [1.29, 1.82) is 0 Å². The van der Waals surface area contributed by atoms with E-state index in [9.17, 15) is 0 Å². The maximum absolute atomic E-state index is 5.90. The first kappa shape index (κ1) is 13.5. The molecule has 1 aromatic rings. The Morgan fingerprint density at radius 3 is 3.00 bits per heavy atom. The summed E-state index contributed by atoms with van der Waals surface area (Å²) in [6.07, 6.45) is 7.58. The van der Waals surface area contributed by atoms with Gasteiger partial charge in [-0.05, 0) is 19.8 Å². The first-order valence-corrected chi connectivity index (χ1v) is 6.50. The Labute approximate surface area is 113 Å². The molecular weight excluding hydrogens is 240 g/mol. The average Bonchev–Trinajstić information content (AvgIpc) is 3.20. The van der Waals surface area contributed by atoms with Gasteiger partial charge in [0.2, 0.25) is 0 Å². The van der Waals surface area contributed by atoms with Gasteiger partial charge >= 0.3 is 0 Å². The normalized spacial score (nSPS) is 16.0. The summed E-state index contributed by atoms with van der Waals surface area (Å²) in [5.41, 5.74) is 13.7. The van der Waals surface area contributed by atoms with Gasteiger partial charge in [-0.3, -0.25) is 9.98 Å². The first-order chi connectivity index (χ1) is 9.24. The van der Waals surface area contributed by atoms with Crippen molar-refractivity contribution in [3.8, 4) is 5.75 Å². The van der Waals surface area contributed by atoms with Crippen LogP contribution in [-0.2, 0) is 0 Å². The highest BCUT2D eigenvalue weighted by Crippen LogP contribution is 2.31. The van der Waals surface area contributed by atoms with Crippen LogP contribution in [0.25, 0.3) is 5.57 Å². The molecule has 5 nitrogen and oxygen atoms in total. The fourth-order valence-corrected chi connectivity index (χ4v) is 1.65. The van der Waals surface area contributed by atoms with E-state index in [1.165, 1.54) is 6.20 Å². The molecule has 0 aliphatic heterocycles. The van der Waals surface area contributed by atoms with Crippen LogP contribution < -0.4 is 16.2 Å². The molecule has 4 N–H and O–H groups in total. The summed E-state index contributed by atoms with van der Waals surface area (Å²) in [6.45, 7) is 3.04. The second kappa shape index (κ2) is 6.33. The van der Waals surface area contributed by atoms with Gasteiger partial charge in [0, 0.05) is 48.1 Å². The van der Waals surface area contributed by atoms with Crippen LogP contribution in [-0.4, -0.2) is 30.4 Å². The number of ether oxygens (including phenoxy) is 1. The van der Waals surface area contributed by atoms with Crippen molar-refractivity contribution in [2.24, 2.45) is 16.5 Å². The molecule has 0 spiro atoms. The van der Waals surface area contributed by atoms with Gasteiger partial charge in [0.25, 0.3) is 0 Å². The number of nitrogens with two attached hydrogens (primary N) is 2. The molecule has 1 aliphatic carbocycles. The van der Waals surface area contributed by atoms with E-state index >= 15 is 0 Å². The molecule has 1 aliphatic rings. The third-order valence-electron chi connectivity index (χ3n) is 2.80. The average molecular weight is 260 g/mol. The zero-order chi connectivity index (χ0) is 13.7. The third kappa shape index (κ3) is 3.79. The van der Waals surface area contributed by atoms with Gasteiger partial charge in [-0.2, -0.15) is 0 Å². The largest absolute Gasteiger partial charge is 0.490 e. The SMILES string of the molecule is Cc1cc(OC2CC2)c(/C(C=NCCN)=C/N)cn1. The number of hydrogen-bond acceptors (Lipinski definition) is 5. The number of rotatable bonds is 6. The second-order valence-electron chi connectivity index (χ2n) is 4.59. The Hall–Kier alpha value is -1.88. The minimum absolute atomic E-state index is 0.334. The molecule has 2 rings (SSSR count). The molecule has 1 saturated carbocycles. The standard InChI is InChI=1S/C14H20N4O/c1-10-6-14(19-12-2-3-12)13(9-18-10)11(7-16)8-17-5-4-15/h6-9,12H,2-5,15-16H2,1H3/b11-7+,17-8?. The van der Waals surface area contributed by atoms with E-state index in [1.807, 2.05) is 13.0 Å². The van der Waals surface area contributed by atoms with Gasteiger partial charge in [0.05, 0.1) is 12.6 Å². The minimum Gasteiger partial charge on any atom is -0.490 e. The highest BCUT2D eigenvalue weighted by atomic mass is 16.5. The first-order valence-electron chi connectivity index (χ1n) is 6.50. The van der Waals surface area contributed by atoms with E-state index in [1.54, 1.807) is 12.4 Å². The van der Waals surface area contributed by atoms with Crippen molar-refractivity contribution >= 4 is 11.8 Å². The molecule has 1 heterocycles. The van der Waals surface area contributed by atoms with Crippen LogP contribution in [0.1, 0.15) is 24.1 Å². The van der Waals surface area contributed by atoms with Crippen LogP contribution in [0, 0.1) is 6.92 Å². The lowest BCUT2D eigenvalue weighted by Gasteiger charge is -2.11. The van der Waals surface area contributed by atoms with Gasteiger partial charge in [-0.15, -0.1) is 0 Å². The van der Waals surface area contributed by atoms with E-state index in [-0.39, 0.29) is 0 Å². The predicted octanol–water partition coefficient (Wildman–Crippen LogP) is 1.26. The van der Waals surface area contributed by atoms with Crippen molar-refractivity contribution in [1.82, 2.24) is 4.98 Å². The highest BCUT2D eigenvalue weighted by molar-refractivity contribution is 6.10. The smallest absolute Gasteiger partial charge is 0.131 e. The quantitative estimate of drug-likeness (QED) is 0.754. The number of nitrogens with zero attached hydrogens (tertiary/aromatic N) is 2. The second-order valence-corrected chi connectivity index (χ2v) is 4.59. The Balaban J connectivity index is 2.25. The summed E-state index contributed by atoms with van der Waals surface area (Å²) >= 11 is 0. The summed E-state index contributed by atoms with van der Waals surface area (Å²) in [7, 11) is 0. The molecule has 0 bridgehead atoms. The molecule has 0 amide bonds. The van der Waals surface area contributed by atoms with Crippen LogP contribution >= 0.6 is 0 Å². The Morgan fingerprint density at radius 1 is 1.58 bits per heavy atom. The van der Waals surface area contributed by atoms with E-state index in [4.69, 9.17) is 16.2 Å². The zero-order valence-electron chi connectivity index (χ0n) is 11.2. The lowest BCUT2D eigenvalue weighted by Crippen LogP contribution is -2.05. The number of aromatic nitrogens is 1. The highest BCUT2D eigenvalue weighted by Gasteiger charge is 2.25. The lowest BCUT2D eigenvalue weighted by atomic mass is 10.1. The molecule has 0 radical (unpaired) electrons. The molecule has 19 heavy (non-hydrogen) atoms. The van der Waals surface area contributed by atoms with Crippen LogP contribution in [0.4, 0.5) is 0 Å². The molecule has 0 saturated heterocycles. The molecule has 0 atom stereocenters. The molecule has 5 heteroatoms. The number of aryl methyl sites for hydroxylation is 1. The van der Waals surface area contributed by atoms with Crippen LogP contribution in [0.15, 0.2) is 23.5 Å². The van der Waals surface area contributed by atoms with Crippen molar-refractivity contribution in [3.05, 3.63) is 29.7 Å². The molecule has 0 unspecified atom stereocenters. The van der Waals surface area contributed by atoms with Crippen molar-refractivity contribution < 1.29 is 4.74 Å². The fourth-order valence-electron chi connectivity index (χ4n) is 1.65. The van der Waals surface area contributed by atoms with Gasteiger partial charge in [-0.1, -0.05) is 0 Å². The number of allylic oxidation sites excluding steroid dienone is 1. The zero-order valence-corrected chi connectivity index (χ0v) is 11.2. The van der Waals surface area contributed by atoms with Gasteiger partial charge in [-0.25, -0.2) is 0 Å². The molecule has 0 aromatic carbocycles. The molecular formula is C14H20N4O. The maximum atomic E-state index is 5.90. The minimum atomic E-state index is 0.334. The summed E-state index contributed by atoms with van der Waals surface area (Å²) in [5, 5.41) is 0. The van der Waals surface area contributed by atoms with Crippen LogP contribution in [0.2, 0.25) is 0 Å². The van der Waals surface area contributed by atoms with E-state index < -0.39 is 0 Å². The van der Waals surface area contributed by atoms with Crippen molar-refractivity contribution in [3.63, 3.8) is 0 Å². The predicted molar refractivity (Wildman–Crippen MR) is 77.2 cm³/mol. The summed E-state index contributed by atoms with van der Waals surface area (Å²) in [5.74, 6) is 0.825. The number of hydrogen-bond donors (Lipinski definition) is 2. The van der Waals surface area contributed by atoms with Crippen LogP contribution in [0.5, 0.6) is 5.75 Å². The number of aliphatic imine (C=N–C) groups is 1. The van der Waals surface area contributed by atoms with Crippen molar-refractivity contribution in [2.45, 2.75) is 25.9 Å². The summed E-state index contributed by atoms with van der Waals surface area (Å²) < 4.78 is 5.90. The van der Waals surface area contributed by atoms with Crippen molar-refractivity contribution in [2.75, 3.05) is 13.1 Å². The van der Waals surface area contributed by atoms with E-state index in [0.29, 0.717) is 19.2 Å². The van der Waals surface area contributed by atoms with E-state index in [0.717, 1.165) is 35.4 Å². The summed E-state index contributed by atoms with van der Waals surface area (Å²) in [6, 6.07) is 1.94. The van der Waals surface area contributed by atoms with Gasteiger partial charge < -0.3 is 16.2 Å². The third-order valence-corrected chi connectivity index (χ3v) is 2.80. The number of pyridine rings is 1. The molecule has 1 fully saturated rings.